The van der Waals surface area contributed by atoms with E-state index in [0.29, 0.717) is 0 Å². The van der Waals surface area contributed by atoms with Crippen LogP contribution in [0.3, 0.4) is 0 Å². The molecule has 0 bridgehead atoms. The van der Waals surface area contributed by atoms with E-state index < -0.39 is 35.3 Å². The zero-order chi connectivity index (χ0) is 13.2. The Morgan fingerprint density at radius 3 is 2.65 bits per heavy atom. The van der Waals surface area contributed by atoms with Gasteiger partial charge in [-0.25, -0.2) is 8.78 Å². The maximum absolute atomic E-state index is 12.4. The highest BCUT2D eigenvalue weighted by Crippen LogP contribution is 2.30. The highest BCUT2D eigenvalue weighted by Gasteiger charge is 2.25. The van der Waals surface area contributed by atoms with E-state index in [2.05, 4.69) is 20.9 Å². The van der Waals surface area contributed by atoms with Crippen LogP contribution in [0, 0.1) is 10.1 Å². The molecule has 9 heteroatoms. The van der Waals surface area contributed by atoms with Crippen molar-refractivity contribution in [1.29, 1.82) is 0 Å². The number of carboxylic acids is 1. The number of aromatic nitrogens is 1. The Morgan fingerprint density at radius 1 is 1.65 bits per heavy atom. The molecule has 1 heterocycles. The van der Waals surface area contributed by atoms with E-state index in [9.17, 15) is 23.7 Å². The van der Waals surface area contributed by atoms with Crippen LogP contribution in [-0.2, 0) is 11.2 Å². The molecule has 0 aromatic carbocycles. The fourth-order valence-corrected chi connectivity index (χ4v) is 1.60. The molecule has 0 aliphatic heterocycles. The molecule has 92 valence electrons. The van der Waals surface area contributed by atoms with Gasteiger partial charge in [-0.1, -0.05) is 0 Å². The minimum absolute atomic E-state index is 0.116. The second-order valence-corrected chi connectivity index (χ2v) is 3.77. The fraction of sp³-hybridized carbons (Fsp3) is 0.250. The summed E-state index contributed by atoms with van der Waals surface area (Å²) in [6.07, 6.45) is -3.61. The van der Waals surface area contributed by atoms with Crippen molar-refractivity contribution in [2.45, 2.75) is 12.8 Å². The summed E-state index contributed by atoms with van der Waals surface area (Å²) in [5.41, 5.74) is -0.939. The first-order chi connectivity index (χ1) is 7.82. The smallest absolute Gasteiger partial charge is 0.378 e. The van der Waals surface area contributed by atoms with Gasteiger partial charge in [-0.2, -0.15) is 0 Å². The van der Waals surface area contributed by atoms with Crippen LogP contribution in [-0.4, -0.2) is 21.0 Å². The lowest BCUT2D eigenvalue weighted by Gasteiger charge is -2.04. The minimum atomic E-state index is -3.01. The van der Waals surface area contributed by atoms with Crippen molar-refractivity contribution in [2.24, 2.45) is 0 Å². The van der Waals surface area contributed by atoms with E-state index in [1.807, 2.05) is 0 Å². The molecule has 0 fully saturated rings. The van der Waals surface area contributed by atoms with Gasteiger partial charge in [0, 0.05) is 0 Å². The zero-order valence-corrected chi connectivity index (χ0v) is 9.65. The van der Waals surface area contributed by atoms with Gasteiger partial charge in [0.25, 0.3) is 0 Å². The highest BCUT2D eigenvalue weighted by molar-refractivity contribution is 9.10. The van der Waals surface area contributed by atoms with Crippen LogP contribution in [0.5, 0.6) is 0 Å². The van der Waals surface area contributed by atoms with E-state index in [4.69, 9.17) is 5.11 Å². The Balaban J connectivity index is 3.37. The number of hydrogen-bond donors (Lipinski definition) is 1. The third-order valence-corrected chi connectivity index (χ3v) is 2.64. The molecule has 17 heavy (non-hydrogen) atoms. The van der Waals surface area contributed by atoms with Gasteiger partial charge in [0.15, 0.2) is 0 Å². The predicted molar refractivity (Wildman–Crippen MR) is 54.9 cm³/mol. The van der Waals surface area contributed by atoms with Gasteiger partial charge >= 0.3 is 18.2 Å². The van der Waals surface area contributed by atoms with Gasteiger partial charge in [-0.3, -0.25) is 4.79 Å². The van der Waals surface area contributed by atoms with Crippen molar-refractivity contribution in [1.82, 2.24) is 4.98 Å². The summed E-state index contributed by atoms with van der Waals surface area (Å²) in [6.45, 7) is 0. The Kier molecular flexibility index (Phi) is 4.05. The van der Waals surface area contributed by atoms with Crippen molar-refractivity contribution in [3.05, 3.63) is 31.9 Å². The standard InChI is InChI=1S/C8H5BrF2N2O4/c9-6-3(2-5(14)15)1-4(7(10)11)12-8(6)13(16)17/h1,7H,2H2,(H,14,15). The SMILES string of the molecule is O=C(O)Cc1cc(C(F)F)nc([N+](=O)[O-])c1Br. The number of aliphatic carboxylic acids is 1. The third kappa shape index (κ3) is 3.16. The molecule has 0 amide bonds. The number of nitrogens with zero attached hydrogens (tertiary/aromatic N) is 2. The molecule has 1 aromatic heterocycles. The average molecular weight is 311 g/mol. The summed E-state index contributed by atoms with van der Waals surface area (Å²) in [6, 6.07) is 0.829. The monoisotopic (exact) mass is 310 g/mol. The Labute approximate surface area is 102 Å². The molecule has 1 N–H and O–H groups in total. The van der Waals surface area contributed by atoms with Gasteiger partial charge in [-0.15, -0.1) is 0 Å². The fourth-order valence-electron chi connectivity index (χ4n) is 1.11. The van der Waals surface area contributed by atoms with Crippen LogP contribution in [0.1, 0.15) is 17.7 Å². The summed E-state index contributed by atoms with van der Waals surface area (Å²) in [4.78, 5) is 23.2. The lowest BCUT2D eigenvalue weighted by atomic mass is 10.1. The molecular weight excluding hydrogens is 306 g/mol. The molecule has 0 aliphatic rings. The lowest BCUT2D eigenvalue weighted by Crippen LogP contribution is -2.06. The molecule has 0 spiro atoms. The van der Waals surface area contributed by atoms with Crippen LogP contribution in [0.2, 0.25) is 0 Å². The number of carboxylic acid groups (broad SMARTS) is 1. The first kappa shape index (κ1) is 13.4. The Hall–Kier alpha value is -1.64. The van der Waals surface area contributed by atoms with Crippen LogP contribution in [0.4, 0.5) is 14.6 Å². The normalized spacial score (nSPS) is 10.6. The second kappa shape index (κ2) is 5.13. The molecule has 0 saturated carbocycles. The van der Waals surface area contributed by atoms with Gasteiger partial charge < -0.3 is 15.2 Å². The van der Waals surface area contributed by atoms with Crippen molar-refractivity contribution < 1.29 is 23.6 Å². The number of rotatable bonds is 4. The largest absolute Gasteiger partial charge is 0.481 e. The van der Waals surface area contributed by atoms with Crippen molar-refractivity contribution >= 4 is 27.7 Å². The quantitative estimate of drug-likeness (QED) is 0.680. The first-order valence-corrected chi connectivity index (χ1v) is 4.96. The number of carbonyl (C=O) groups is 1. The minimum Gasteiger partial charge on any atom is -0.481 e. The number of nitro groups is 1. The molecule has 1 rings (SSSR count). The van der Waals surface area contributed by atoms with Crippen LogP contribution in [0.25, 0.3) is 0 Å². The van der Waals surface area contributed by atoms with Crippen molar-refractivity contribution in [3.63, 3.8) is 0 Å². The molecule has 0 unspecified atom stereocenters. The number of hydrogen-bond acceptors (Lipinski definition) is 4. The molecule has 0 atom stereocenters. The van der Waals surface area contributed by atoms with Gasteiger partial charge in [0.05, 0.1) is 6.42 Å². The first-order valence-electron chi connectivity index (χ1n) is 4.16. The van der Waals surface area contributed by atoms with Crippen LogP contribution >= 0.6 is 15.9 Å². The zero-order valence-electron chi connectivity index (χ0n) is 8.06. The summed E-state index contributed by atoms with van der Waals surface area (Å²) in [5.74, 6) is -2.11. The molecule has 6 nitrogen and oxygen atoms in total. The maximum atomic E-state index is 12.4. The summed E-state index contributed by atoms with van der Waals surface area (Å²) >= 11 is 2.78. The summed E-state index contributed by atoms with van der Waals surface area (Å²) < 4.78 is 24.6. The third-order valence-electron chi connectivity index (χ3n) is 1.77. The van der Waals surface area contributed by atoms with Crippen LogP contribution < -0.4 is 0 Å². The maximum Gasteiger partial charge on any atom is 0.378 e. The van der Waals surface area contributed by atoms with E-state index in [1.54, 1.807) is 0 Å². The predicted octanol–water partition coefficient (Wildman–Crippen LogP) is 2.32. The number of alkyl halides is 2. The van der Waals surface area contributed by atoms with Crippen LogP contribution in [0.15, 0.2) is 10.5 Å². The van der Waals surface area contributed by atoms with Crippen molar-refractivity contribution in [3.8, 4) is 0 Å². The lowest BCUT2D eigenvalue weighted by molar-refractivity contribution is -0.390. The summed E-state index contributed by atoms with van der Waals surface area (Å²) in [5, 5.41) is 19.1. The van der Waals surface area contributed by atoms with Gasteiger partial charge in [0.2, 0.25) is 5.69 Å². The molecule has 0 radical (unpaired) electrons. The van der Waals surface area contributed by atoms with E-state index in [-0.39, 0.29) is 10.0 Å². The Bertz CT molecular complexity index is 481. The molecule has 0 saturated heterocycles. The topological polar surface area (TPSA) is 93.3 Å². The van der Waals surface area contributed by atoms with Gasteiger partial charge in [-0.05, 0) is 37.5 Å². The average Bonchev–Trinajstić information content (AvgIpc) is 2.19. The van der Waals surface area contributed by atoms with Gasteiger partial charge in [0.1, 0.15) is 4.47 Å². The van der Waals surface area contributed by atoms with E-state index in [1.165, 1.54) is 0 Å². The van der Waals surface area contributed by atoms with Crippen molar-refractivity contribution in [2.75, 3.05) is 0 Å². The molecular formula is C8H5BrF2N2O4. The summed E-state index contributed by atoms with van der Waals surface area (Å²) in [7, 11) is 0. The molecule has 0 aliphatic carbocycles. The van der Waals surface area contributed by atoms with E-state index in [0.717, 1.165) is 6.07 Å². The number of halogens is 3. The highest BCUT2D eigenvalue weighted by atomic mass is 79.9. The molecule has 1 aromatic rings. The van der Waals surface area contributed by atoms with E-state index >= 15 is 0 Å². The second-order valence-electron chi connectivity index (χ2n) is 2.97. The Morgan fingerprint density at radius 2 is 2.24 bits per heavy atom. The number of pyridine rings is 1.